The third-order valence-electron chi connectivity index (χ3n) is 3.91. The van der Waals surface area contributed by atoms with E-state index in [1.165, 1.54) is 11.1 Å². The number of nitrogens with zero attached hydrogens (tertiary/aromatic N) is 1. The van der Waals surface area contributed by atoms with Gasteiger partial charge in [0, 0.05) is 6.54 Å². The zero-order valence-corrected chi connectivity index (χ0v) is 15.7. The Kier molecular flexibility index (Phi) is 7.35. The van der Waals surface area contributed by atoms with Crippen molar-refractivity contribution in [2.45, 2.75) is 32.3 Å². The molecule has 22 heavy (non-hydrogen) atoms. The van der Waals surface area contributed by atoms with Crippen LogP contribution in [0.15, 0.2) is 41.4 Å². The predicted octanol–water partition coefficient (Wildman–Crippen LogP) is 2.96. The summed E-state index contributed by atoms with van der Waals surface area (Å²) in [6.45, 7) is 9.84. The van der Waals surface area contributed by atoms with Crippen molar-refractivity contribution in [2.24, 2.45) is 10.7 Å². The van der Waals surface area contributed by atoms with Crippen molar-refractivity contribution in [3.63, 3.8) is 0 Å². The second-order valence-electron chi connectivity index (χ2n) is 5.62. The Morgan fingerprint density at radius 3 is 2.86 bits per heavy atom. The molecule has 5 heteroatoms. The molecule has 1 unspecified atom stereocenters. The predicted molar refractivity (Wildman–Crippen MR) is 103 cm³/mol. The molecule has 0 aliphatic carbocycles. The first-order chi connectivity index (χ1) is 10.1. The molecule has 0 fully saturated rings. The van der Waals surface area contributed by atoms with E-state index in [1.54, 1.807) is 0 Å². The summed E-state index contributed by atoms with van der Waals surface area (Å²) in [6, 6.07) is 8.46. The van der Waals surface area contributed by atoms with Crippen molar-refractivity contribution in [1.82, 2.24) is 5.32 Å². The van der Waals surface area contributed by atoms with Gasteiger partial charge in [0.25, 0.3) is 0 Å². The van der Waals surface area contributed by atoms with Crippen LogP contribution < -0.4 is 11.1 Å². The second kappa shape index (κ2) is 8.53. The highest BCUT2D eigenvalue weighted by Crippen LogP contribution is 2.36. The Morgan fingerprint density at radius 2 is 2.18 bits per heavy atom. The van der Waals surface area contributed by atoms with Gasteiger partial charge in [-0.05, 0) is 30.9 Å². The lowest BCUT2D eigenvalue weighted by Gasteiger charge is -2.37. The van der Waals surface area contributed by atoms with Crippen molar-refractivity contribution in [2.75, 3.05) is 19.7 Å². The number of halogens is 1. The molecule has 0 bridgehead atoms. The van der Waals surface area contributed by atoms with Crippen LogP contribution in [0.25, 0.3) is 0 Å². The highest BCUT2D eigenvalue weighted by Gasteiger charge is 2.35. The van der Waals surface area contributed by atoms with Crippen LogP contribution in [0.5, 0.6) is 0 Å². The van der Waals surface area contributed by atoms with Crippen molar-refractivity contribution >= 4 is 29.9 Å². The summed E-state index contributed by atoms with van der Waals surface area (Å²) in [5, 5.41) is 3.06. The van der Waals surface area contributed by atoms with Gasteiger partial charge in [0.1, 0.15) is 5.60 Å². The molecule has 2 rings (SSSR count). The summed E-state index contributed by atoms with van der Waals surface area (Å²) in [5.41, 5.74) is 9.19. The standard InChI is InChI=1S/C17H25N3O.HI/c1-4-17(12-20-16(18)19-11-13(2)3)15-8-6-5-7-14(15)9-10-21-17;/h5-8H,2,4,9-12H2,1,3H3,(H3,18,19,20);1H. The van der Waals surface area contributed by atoms with Crippen molar-refractivity contribution in [3.05, 3.63) is 47.5 Å². The van der Waals surface area contributed by atoms with E-state index in [-0.39, 0.29) is 29.6 Å². The van der Waals surface area contributed by atoms with Gasteiger partial charge in [-0.2, -0.15) is 0 Å². The Bertz CT molecular complexity index is 544. The fourth-order valence-electron chi connectivity index (χ4n) is 2.66. The van der Waals surface area contributed by atoms with Crippen LogP contribution in [0.3, 0.4) is 0 Å². The molecule has 1 aromatic carbocycles. The van der Waals surface area contributed by atoms with Crippen molar-refractivity contribution in [1.29, 1.82) is 0 Å². The molecular weight excluding hydrogens is 389 g/mol. The number of fused-ring (bicyclic) bond motifs is 1. The molecule has 0 saturated carbocycles. The molecule has 0 spiro atoms. The number of ether oxygens (including phenoxy) is 1. The molecule has 0 amide bonds. The lowest BCUT2D eigenvalue weighted by molar-refractivity contribution is -0.0559. The van der Waals surface area contributed by atoms with Crippen molar-refractivity contribution < 1.29 is 4.74 Å². The van der Waals surface area contributed by atoms with Gasteiger partial charge in [0.05, 0.1) is 13.2 Å². The number of hydrogen-bond donors (Lipinski definition) is 2. The summed E-state index contributed by atoms with van der Waals surface area (Å²) >= 11 is 0. The molecular formula is C17H26IN3O. The summed E-state index contributed by atoms with van der Waals surface area (Å²) < 4.78 is 6.11. The van der Waals surface area contributed by atoms with Crippen LogP contribution in [0, 0.1) is 0 Å². The quantitative estimate of drug-likeness (QED) is 0.337. The molecule has 4 nitrogen and oxygen atoms in total. The lowest BCUT2D eigenvalue weighted by Crippen LogP contribution is -2.40. The number of hydrogen-bond acceptors (Lipinski definition) is 2. The van der Waals surface area contributed by atoms with Gasteiger partial charge >= 0.3 is 0 Å². The summed E-state index contributed by atoms with van der Waals surface area (Å²) in [7, 11) is 0. The number of aliphatic imine (C=N–C) groups is 1. The van der Waals surface area contributed by atoms with E-state index in [2.05, 4.69) is 48.1 Å². The van der Waals surface area contributed by atoms with E-state index in [4.69, 9.17) is 10.5 Å². The number of benzene rings is 1. The normalized spacial score (nSPS) is 20.7. The number of nitrogens with one attached hydrogen (secondary N) is 1. The van der Waals surface area contributed by atoms with Crippen molar-refractivity contribution in [3.8, 4) is 0 Å². The average molecular weight is 415 g/mol. The molecule has 1 heterocycles. The van der Waals surface area contributed by atoms with E-state index in [1.807, 2.05) is 6.92 Å². The molecule has 3 N–H and O–H groups in total. The first-order valence-corrected chi connectivity index (χ1v) is 7.48. The van der Waals surface area contributed by atoms with Crippen LogP contribution in [-0.2, 0) is 16.8 Å². The molecule has 1 atom stereocenters. The molecule has 0 saturated heterocycles. The van der Waals surface area contributed by atoms with Gasteiger partial charge < -0.3 is 15.8 Å². The topological polar surface area (TPSA) is 59.6 Å². The fraction of sp³-hybridized carbons (Fsp3) is 0.471. The molecule has 1 aliphatic rings. The minimum Gasteiger partial charge on any atom is -0.370 e. The number of rotatable bonds is 5. The van der Waals surface area contributed by atoms with E-state index in [0.717, 1.165) is 25.0 Å². The van der Waals surface area contributed by atoms with Gasteiger partial charge in [0.15, 0.2) is 5.96 Å². The maximum atomic E-state index is 6.11. The molecule has 0 aromatic heterocycles. The molecule has 122 valence electrons. The summed E-state index contributed by atoms with van der Waals surface area (Å²) in [5.74, 6) is 0.442. The monoisotopic (exact) mass is 415 g/mol. The Morgan fingerprint density at radius 1 is 1.45 bits per heavy atom. The van der Waals surface area contributed by atoms with Gasteiger partial charge in [-0.1, -0.05) is 43.3 Å². The van der Waals surface area contributed by atoms with Gasteiger partial charge in [0.2, 0.25) is 0 Å². The maximum Gasteiger partial charge on any atom is 0.188 e. The average Bonchev–Trinajstić information content (AvgIpc) is 2.50. The molecule has 0 radical (unpaired) electrons. The number of guanidine groups is 1. The first kappa shape index (κ1) is 19.0. The van der Waals surface area contributed by atoms with Crippen LogP contribution >= 0.6 is 24.0 Å². The number of nitrogens with two attached hydrogens (primary N) is 1. The van der Waals surface area contributed by atoms with E-state index in [0.29, 0.717) is 19.0 Å². The largest absolute Gasteiger partial charge is 0.370 e. The summed E-state index contributed by atoms with van der Waals surface area (Å²) in [4.78, 5) is 4.48. The summed E-state index contributed by atoms with van der Waals surface area (Å²) in [6.07, 6.45) is 1.84. The van der Waals surface area contributed by atoms with E-state index >= 15 is 0 Å². The first-order valence-electron chi connectivity index (χ1n) is 7.48. The second-order valence-corrected chi connectivity index (χ2v) is 5.62. The fourth-order valence-corrected chi connectivity index (χ4v) is 2.66. The van der Waals surface area contributed by atoms with Gasteiger partial charge in [-0.3, -0.25) is 4.99 Å². The Labute approximate surface area is 150 Å². The third kappa shape index (κ3) is 4.46. The SMILES string of the molecule is C=C(C)CNC(N)=NCC1(CC)OCCc2ccccc21.I. The van der Waals surface area contributed by atoms with Crippen LogP contribution in [0.2, 0.25) is 0 Å². The molecule has 1 aromatic rings. The Hall–Kier alpha value is -1.08. The highest BCUT2D eigenvalue weighted by molar-refractivity contribution is 14.0. The lowest BCUT2D eigenvalue weighted by atomic mass is 9.84. The van der Waals surface area contributed by atoms with Crippen LogP contribution in [-0.4, -0.2) is 25.7 Å². The minimum absolute atomic E-state index is 0. The van der Waals surface area contributed by atoms with E-state index < -0.39 is 0 Å². The highest BCUT2D eigenvalue weighted by atomic mass is 127. The van der Waals surface area contributed by atoms with Crippen LogP contribution in [0.1, 0.15) is 31.4 Å². The van der Waals surface area contributed by atoms with Gasteiger partial charge in [-0.15, -0.1) is 24.0 Å². The maximum absolute atomic E-state index is 6.11. The van der Waals surface area contributed by atoms with Crippen LogP contribution in [0.4, 0.5) is 0 Å². The van der Waals surface area contributed by atoms with E-state index in [9.17, 15) is 0 Å². The smallest absolute Gasteiger partial charge is 0.188 e. The molecule has 1 aliphatic heterocycles. The zero-order chi connectivity index (χ0) is 15.3. The minimum atomic E-state index is -0.357. The third-order valence-corrected chi connectivity index (χ3v) is 3.91. The zero-order valence-electron chi connectivity index (χ0n) is 13.4. The Balaban J connectivity index is 0.00000242. The van der Waals surface area contributed by atoms with Gasteiger partial charge in [-0.25, -0.2) is 0 Å².